The molecule has 1 rings (SSSR count). The van der Waals surface area contributed by atoms with Gasteiger partial charge in [-0.25, -0.2) is 9.86 Å². The molecule has 18 heavy (non-hydrogen) atoms. The number of amides is 1. The molecular weight excluding hydrogens is 262 g/mol. The van der Waals surface area contributed by atoms with Crippen molar-refractivity contribution in [2.75, 3.05) is 19.5 Å². The maximum absolute atomic E-state index is 11.6. The summed E-state index contributed by atoms with van der Waals surface area (Å²) in [6, 6.07) is -0.757. The van der Waals surface area contributed by atoms with Gasteiger partial charge in [-0.1, -0.05) is 16.9 Å². The van der Waals surface area contributed by atoms with E-state index in [2.05, 4.69) is 15.0 Å². The van der Waals surface area contributed by atoms with Crippen molar-refractivity contribution in [1.29, 1.82) is 0 Å². The lowest BCUT2D eigenvalue weighted by molar-refractivity contribution is -0.136. The molecule has 1 fully saturated rings. The fourth-order valence-corrected chi connectivity index (χ4v) is 2.28. The average Bonchev–Trinajstić information content (AvgIpc) is 2.69. The number of hydroxylamine groups is 2. The number of ether oxygens (including phenoxy) is 1. The molecule has 1 heterocycles. The first-order valence-corrected chi connectivity index (χ1v) is 6.04. The Hall–Kier alpha value is -1.61. The van der Waals surface area contributed by atoms with E-state index in [0.29, 0.717) is 17.2 Å². The molecule has 0 saturated carbocycles. The van der Waals surface area contributed by atoms with Crippen LogP contribution in [-0.4, -0.2) is 59.0 Å². The second kappa shape index (κ2) is 6.97. The van der Waals surface area contributed by atoms with Crippen molar-refractivity contribution >= 4 is 35.0 Å². The first-order chi connectivity index (χ1) is 8.65. The van der Waals surface area contributed by atoms with Gasteiger partial charge in [0.15, 0.2) is 10.9 Å². The van der Waals surface area contributed by atoms with Crippen LogP contribution in [0.4, 0.5) is 0 Å². The van der Waals surface area contributed by atoms with Crippen LogP contribution in [-0.2, 0) is 19.2 Å². The molecule has 1 amide bonds. The second-order valence-corrected chi connectivity index (χ2v) is 4.06. The maximum atomic E-state index is 11.6. The van der Waals surface area contributed by atoms with Crippen LogP contribution in [0.25, 0.3) is 0 Å². The Bertz CT molecular complexity index is 384. The molecular formula is C9H13N3O5S. The van der Waals surface area contributed by atoms with Gasteiger partial charge in [-0.15, -0.1) is 0 Å². The van der Waals surface area contributed by atoms with Crippen molar-refractivity contribution < 1.29 is 24.4 Å². The van der Waals surface area contributed by atoms with Crippen molar-refractivity contribution in [2.45, 2.75) is 13.0 Å². The topological polar surface area (TPSA) is 101 Å². The van der Waals surface area contributed by atoms with Gasteiger partial charge in [0.1, 0.15) is 13.2 Å². The number of carbonyl (C=O) groups excluding carboxylic acids is 2. The van der Waals surface area contributed by atoms with Crippen LogP contribution in [0.5, 0.6) is 0 Å². The smallest absolute Gasteiger partial charge is 0.358 e. The molecule has 8 nitrogen and oxygen atoms in total. The zero-order valence-corrected chi connectivity index (χ0v) is 10.7. The van der Waals surface area contributed by atoms with Crippen LogP contribution in [0.15, 0.2) is 10.1 Å². The minimum Gasteiger partial charge on any atom is -0.461 e. The molecule has 1 N–H and O–H groups in total. The molecule has 0 aromatic carbocycles. The zero-order chi connectivity index (χ0) is 13.5. The van der Waals surface area contributed by atoms with Gasteiger partial charge in [-0.2, -0.15) is 4.99 Å². The van der Waals surface area contributed by atoms with Crippen LogP contribution in [0.3, 0.4) is 0 Å². The first-order valence-electron chi connectivity index (χ1n) is 5.06. The first kappa shape index (κ1) is 14.5. The summed E-state index contributed by atoms with van der Waals surface area (Å²) in [5, 5.41) is 14.1. The average molecular weight is 275 g/mol. The number of esters is 1. The number of oxime groups is 1. The Balaban J connectivity index is 2.89. The van der Waals surface area contributed by atoms with Crippen LogP contribution in [0.2, 0.25) is 0 Å². The molecule has 0 bridgehead atoms. The largest absolute Gasteiger partial charge is 0.461 e. The van der Waals surface area contributed by atoms with Crippen LogP contribution >= 0.6 is 11.8 Å². The number of rotatable bonds is 5. The highest BCUT2D eigenvalue weighted by Gasteiger charge is 2.38. The normalized spacial score (nSPS) is 22.2. The monoisotopic (exact) mass is 275 g/mol. The number of hydrogen-bond donors (Lipinski definition) is 1. The number of hydrogen-bond acceptors (Lipinski definition) is 7. The van der Waals surface area contributed by atoms with Gasteiger partial charge in [-0.3, -0.25) is 10.0 Å². The molecule has 100 valence electrons. The summed E-state index contributed by atoms with van der Waals surface area (Å²) in [5.74, 6) is -0.374. The van der Waals surface area contributed by atoms with Gasteiger partial charge in [0.2, 0.25) is 6.41 Å². The lowest BCUT2D eigenvalue weighted by Crippen LogP contribution is -2.42. The van der Waals surface area contributed by atoms with Crippen LogP contribution in [0.1, 0.15) is 6.92 Å². The highest BCUT2D eigenvalue weighted by Crippen LogP contribution is 2.23. The third-order valence-corrected chi connectivity index (χ3v) is 3.05. The molecule has 0 aromatic rings. The van der Waals surface area contributed by atoms with Crippen molar-refractivity contribution in [3.63, 3.8) is 0 Å². The minimum atomic E-state index is -0.757. The Morgan fingerprint density at radius 1 is 1.72 bits per heavy atom. The SMILES string of the molecule is CCOC(=O)C(=NOC)C1CSC(=NC=O)N1O. The van der Waals surface area contributed by atoms with E-state index in [1.165, 1.54) is 7.11 Å². The van der Waals surface area contributed by atoms with E-state index < -0.39 is 12.0 Å². The Morgan fingerprint density at radius 3 is 3.00 bits per heavy atom. The quantitative estimate of drug-likeness (QED) is 0.323. The predicted octanol–water partition coefficient (Wildman–Crippen LogP) is -0.129. The highest BCUT2D eigenvalue weighted by atomic mass is 32.2. The summed E-state index contributed by atoms with van der Waals surface area (Å²) in [7, 11) is 1.28. The van der Waals surface area contributed by atoms with Crippen molar-refractivity contribution in [2.24, 2.45) is 10.1 Å². The lowest BCUT2D eigenvalue weighted by Gasteiger charge is -2.18. The molecule has 1 unspecified atom stereocenters. The summed E-state index contributed by atoms with van der Waals surface area (Å²) >= 11 is 1.12. The van der Waals surface area contributed by atoms with Crippen LogP contribution in [0, 0.1) is 0 Å². The Morgan fingerprint density at radius 2 is 2.44 bits per heavy atom. The molecule has 1 aliphatic heterocycles. The van der Waals surface area contributed by atoms with Gasteiger partial charge in [0, 0.05) is 5.75 Å². The third kappa shape index (κ3) is 3.20. The van der Waals surface area contributed by atoms with Crippen molar-refractivity contribution in [1.82, 2.24) is 5.06 Å². The van der Waals surface area contributed by atoms with E-state index in [9.17, 15) is 14.8 Å². The predicted molar refractivity (Wildman–Crippen MR) is 64.4 cm³/mol. The molecule has 1 aliphatic rings. The maximum Gasteiger partial charge on any atom is 0.358 e. The summed E-state index contributed by atoms with van der Waals surface area (Å²) in [5.41, 5.74) is -0.0783. The van der Waals surface area contributed by atoms with E-state index in [4.69, 9.17) is 4.74 Å². The lowest BCUT2D eigenvalue weighted by atomic mass is 10.2. The molecule has 0 aromatic heterocycles. The molecule has 0 aliphatic carbocycles. The number of carbonyl (C=O) groups is 2. The van der Waals surface area contributed by atoms with Gasteiger partial charge in [-0.05, 0) is 6.92 Å². The second-order valence-electron chi connectivity index (χ2n) is 3.07. The van der Waals surface area contributed by atoms with Gasteiger partial charge in [0.25, 0.3) is 0 Å². The van der Waals surface area contributed by atoms with Crippen LogP contribution < -0.4 is 0 Å². The molecule has 0 radical (unpaired) electrons. The molecule has 1 atom stereocenters. The standard InChI is InChI=1S/C9H13N3O5S/c1-3-17-8(14)7(11-16-2)6-4-18-9(10-5-13)12(6)15/h5-6,15H,3-4H2,1-2H3. The fraction of sp³-hybridized carbons (Fsp3) is 0.556. The van der Waals surface area contributed by atoms with Gasteiger partial charge < -0.3 is 9.57 Å². The van der Waals surface area contributed by atoms with E-state index in [0.717, 1.165) is 11.8 Å². The molecule has 9 heteroatoms. The molecule has 1 saturated heterocycles. The summed E-state index contributed by atoms with van der Waals surface area (Å²) in [4.78, 5) is 29.9. The molecule has 0 spiro atoms. The summed E-state index contributed by atoms with van der Waals surface area (Å²) in [6.45, 7) is 1.84. The minimum absolute atomic E-state index is 0.0783. The summed E-state index contributed by atoms with van der Waals surface area (Å²) in [6.07, 6.45) is 0.311. The van der Waals surface area contributed by atoms with E-state index in [-0.39, 0.29) is 17.5 Å². The summed E-state index contributed by atoms with van der Waals surface area (Å²) < 4.78 is 4.81. The number of amidine groups is 1. The fourth-order valence-electron chi connectivity index (χ4n) is 1.30. The Labute approximate surface area is 108 Å². The van der Waals surface area contributed by atoms with E-state index >= 15 is 0 Å². The Kier molecular flexibility index (Phi) is 5.59. The number of aliphatic imine (C=N–C) groups is 1. The van der Waals surface area contributed by atoms with Crippen molar-refractivity contribution in [3.05, 3.63) is 0 Å². The number of nitrogens with zero attached hydrogens (tertiary/aromatic N) is 3. The van der Waals surface area contributed by atoms with Crippen molar-refractivity contribution in [3.8, 4) is 0 Å². The zero-order valence-electron chi connectivity index (χ0n) is 9.90. The highest BCUT2D eigenvalue weighted by molar-refractivity contribution is 8.14. The van der Waals surface area contributed by atoms with Gasteiger partial charge in [0.05, 0.1) is 6.61 Å². The van der Waals surface area contributed by atoms with Gasteiger partial charge >= 0.3 is 5.97 Å². The van der Waals surface area contributed by atoms with E-state index in [1.807, 2.05) is 0 Å². The third-order valence-electron chi connectivity index (χ3n) is 2.01. The van der Waals surface area contributed by atoms with E-state index in [1.54, 1.807) is 6.92 Å². The number of thioether (sulfide) groups is 1.